The predicted molar refractivity (Wildman–Crippen MR) is 82.0 cm³/mol. The molecule has 1 aliphatic rings. The maximum absolute atomic E-state index is 12.2. The van der Waals surface area contributed by atoms with Crippen LogP contribution in [0.2, 0.25) is 0 Å². The molecule has 1 aromatic rings. The number of anilines is 1. The lowest BCUT2D eigenvalue weighted by Crippen LogP contribution is -2.34. The Hall–Kier alpha value is -1.58. The van der Waals surface area contributed by atoms with Gasteiger partial charge in [0.25, 0.3) is 5.91 Å². The summed E-state index contributed by atoms with van der Waals surface area (Å²) >= 11 is 0. The van der Waals surface area contributed by atoms with Gasteiger partial charge in [0.1, 0.15) is 11.5 Å². The van der Waals surface area contributed by atoms with Crippen LogP contribution < -0.4 is 10.6 Å². The van der Waals surface area contributed by atoms with Crippen LogP contribution in [0, 0.1) is 0 Å². The molecule has 1 fully saturated rings. The minimum Gasteiger partial charge on any atom is -0.370 e. The molecule has 4 heteroatoms. The molecule has 20 heavy (non-hydrogen) atoms. The van der Waals surface area contributed by atoms with Crippen molar-refractivity contribution >= 4 is 11.7 Å². The van der Waals surface area contributed by atoms with Crippen LogP contribution in [0.5, 0.6) is 0 Å². The first kappa shape index (κ1) is 14.8. The zero-order valence-corrected chi connectivity index (χ0v) is 12.3. The third-order valence-electron chi connectivity index (χ3n) is 3.73. The maximum Gasteiger partial charge on any atom is 0.270 e. The average molecular weight is 275 g/mol. The largest absolute Gasteiger partial charge is 0.370 e. The fourth-order valence-corrected chi connectivity index (χ4v) is 2.60. The van der Waals surface area contributed by atoms with Crippen LogP contribution in [0.4, 0.5) is 5.82 Å². The first-order chi connectivity index (χ1) is 9.79. The quantitative estimate of drug-likeness (QED) is 0.810. The van der Waals surface area contributed by atoms with Gasteiger partial charge in [-0.1, -0.05) is 38.7 Å². The summed E-state index contributed by atoms with van der Waals surface area (Å²) in [5, 5.41) is 6.34. The molecule has 0 aromatic carbocycles. The molecule has 1 aromatic heterocycles. The summed E-state index contributed by atoms with van der Waals surface area (Å²) in [6.45, 7) is 2.98. The zero-order valence-electron chi connectivity index (χ0n) is 12.3. The lowest BCUT2D eigenvalue weighted by molar-refractivity contribution is 0.0928. The minimum atomic E-state index is -0.0444. The molecule has 1 aliphatic carbocycles. The van der Waals surface area contributed by atoms with Crippen molar-refractivity contribution in [2.75, 3.05) is 11.9 Å². The molecular weight excluding hydrogens is 250 g/mol. The van der Waals surface area contributed by atoms with Gasteiger partial charge >= 0.3 is 0 Å². The Labute approximate surface area is 121 Å². The molecule has 0 unspecified atom stereocenters. The van der Waals surface area contributed by atoms with Crippen LogP contribution in [-0.2, 0) is 0 Å². The number of carbonyl (C=O) groups excluding carboxylic acids is 1. The summed E-state index contributed by atoms with van der Waals surface area (Å²) in [6.07, 6.45) is 8.26. The van der Waals surface area contributed by atoms with Crippen molar-refractivity contribution in [1.29, 1.82) is 0 Å². The third kappa shape index (κ3) is 4.51. The molecule has 0 saturated heterocycles. The van der Waals surface area contributed by atoms with Crippen molar-refractivity contribution < 1.29 is 4.79 Å². The highest BCUT2D eigenvalue weighted by Crippen LogP contribution is 2.17. The molecule has 0 radical (unpaired) electrons. The Morgan fingerprint density at radius 3 is 2.70 bits per heavy atom. The zero-order chi connectivity index (χ0) is 14.2. The number of nitrogens with zero attached hydrogens (tertiary/aromatic N) is 1. The van der Waals surface area contributed by atoms with E-state index in [0.717, 1.165) is 31.6 Å². The molecule has 0 atom stereocenters. The van der Waals surface area contributed by atoms with E-state index in [4.69, 9.17) is 0 Å². The molecule has 0 bridgehead atoms. The second kappa shape index (κ2) is 7.88. The van der Waals surface area contributed by atoms with Crippen molar-refractivity contribution in [3.05, 3.63) is 23.9 Å². The Balaban J connectivity index is 1.93. The van der Waals surface area contributed by atoms with Gasteiger partial charge in [-0.3, -0.25) is 4.79 Å². The molecule has 0 aliphatic heterocycles. The highest BCUT2D eigenvalue weighted by atomic mass is 16.1. The van der Waals surface area contributed by atoms with E-state index in [1.807, 2.05) is 12.1 Å². The van der Waals surface area contributed by atoms with E-state index in [1.165, 1.54) is 25.7 Å². The Bertz CT molecular complexity index is 425. The number of aromatic nitrogens is 1. The normalized spacial score (nSPS) is 16.4. The second-order valence-electron chi connectivity index (χ2n) is 5.50. The summed E-state index contributed by atoms with van der Waals surface area (Å²) in [6, 6.07) is 5.88. The molecular formula is C16H25N3O. The molecule has 4 nitrogen and oxygen atoms in total. The van der Waals surface area contributed by atoms with E-state index in [-0.39, 0.29) is 5.91 Å². The molecule has 1 saturated carbocycles. The van der Waals surface area contributed by atoms with Gasteiger partial charge in [0.2, 0.25) is 0 Å². The number of hydrogen-bond donors (Lipinski definition) is 2. The van der Waals surface area contributed by atoms with E-state index in [2.05, 4.69) is 22.5 Å². The Kier molecular flexibility index (Phi) is 5.84. The van der Waals surface area contributed by atoms with Crippen molar-refractivity contribution in [3.63, 3.8) is 0 Å². The molecule has 1 amide bonds. The van der Waals surface area contributed by atoms with E-state index >= 15 is 0 Å². The van der Waals surface area contributed by atoms with Gasteiger partial charge in [0.05, 0.1) is 0 Å². The van der Waals surface area contributed by atoms with Gasteiger partial charge in [-0.15, -0.1) is 0 Å². The fraction of sp³-hybridized carbons (Fsp3) is 0.625. The molecule has 0 spiro atoms. The summed E-state index contributed by atoms with van der Waals surface area (Å²) in [5.41, 5.74) is 0.510. The second-order valence-corrected chi connectivity index (χ2v) is 5.50. The summed E-state index contributed by atoms with van der Waals surface area (Å²) in [5.74, 6) is 0.734. The first-order valence-corrected chi connectivity index (χ1v) is 7.81. The summed E-state index contributed by atoms with van der Waals surface area (Å²) in [4.78, 5) is 16.6. The van der Waals surface area contributed by atoms with Crippen molar-refractivity contribution in [1.82, 2.24) is 10.3 Å². The van der Waals surface area contributed by atoms with Crippen LogP contribution in [-0.4, -0.2) is 23.5 Å². The lowest BCUT2D eigenvalue weighted by atomic mass is 10.1. The molecule has 2 rings (SSSR count). The standard InChI is InChI=1S/C16H25N3O/c1-2-12-17-15-11-7-10-14(19-15)16(20)18-13-8-5-3-4-6-9-13/h7,10-11,13H,2-6,8-9,12H2,1H3,(H,17,19)(H,18,20). The van der Waals surface area contributed by atoms with E-state index in [0.29, 0.717) is 11.7 Å². The van der Waals surface area contributed by atoms with Crippen LogP contribution in [0.3, 0.4) is 0 Å². The smallest absolute Gasteiger partial charge is 0.270 e. The van der Waals surface area contributed by atoms with Gasteiger partial charge in [-0.05, 0) is 31.4 Å². The fourth-order valence-electron chi connectivity index (χ4n) is 2.60. The van der Waals surface area contributed by atoms with Crippen molar-refractivity contribution in [2.45, 2.75) is 57.9 Å². The van der Waals surface area contributed by atoms with Gasteiger partial charge < -0.3 is 10.6 Å². The number of nitrogens with one attached hydrogen (secondary N) is 2. The van der Waals surface area contributed by atoms with E-state index < -0.39 is 0 Å². The number of amides is 1. The average Bonchev–Trinajstić information content (AvgIpc) is 2.74. The maximum atomic E-state index is 12.2. The molecule has 2 N–H and O–H groups in total. The van der Waals surface area contributed by atoms with Crippen LogP contribution in [0.15, 0.2) is 18.2 Å². The molecule has 1 heterocycles. The third-order valence-corrected chi connectivity index (χ3v) is 3.73. The lowest BCUT2D eigenvalue weighted by Gasteiger charge is -2.16. The Morgan fingerprint density at radius 1 is 1.25 bits per heavy atom. The van der Waals surface area contributed by atoms with Crippen molar-refractivity contribution in [3.8, 4) is 0 Å². The van der Waals surface area contributed by atoms with Gasteiger partial charge in [-0.25, -0.2) is 4.98 Å². The van der Waals surface area contributed by atoms with Crippen LogP contribution in [0.25, 0.3) is 0 Å². The SMILES string of the molecule is CCCNc1cccc(C(=O)NC2CCCCCC2)n1. The molecule has 110 valence electrons. The first-order valence-electron chi connectivity index (χ1n) is 7.81. The minimum absolute atomic E-state index is 0.0444. The highest BCUT2D eigenvalue weighted by molar-refractivity contribution is 5.92. The monoisotopic (exact) mass is 275 g/mol. The number of rotatable bonds is 5. The van der Waals surface area contributed by atoms with Gasteiger partial charge in [0, 0.05) is 12.6 Å². The number of hydrogen-bond acceptors (Lipinski definition) is 3. The van der Waals surface area contributed by atoms with Gasteiger partial charge in [0.15, 0.2) is 0 Å². The number of carbonyl (C=O) groups is 1. The van der Waals surface area contributed by atoms with Crippen molar-refractivity contribution in [2.24, 2.45) is 0 Å². The van der Waals surface area contributed by atoms with E-state index in [1.54, 1.807) is 6.07 Å². The number of pyridine rings is 1. The summed E-state index contributed by atoms with van der Waals surface area (Å²) < 4.78 is 0. The Morgan fingerprint density at radius 2 is 2.00 bits per heavy atom. The van der Waals surface area contributed by atoms with Gasteiger partial charge in [-0.2, -0.15) is 0 Å². The van der Waals surface area contributed by atoms with E-state index in [9.17, 15) is 4.79 Å². The topological polar surface area (TPSA) is 54.0 Å². The van der Waals surface area contributed by atoms with Crippen LogP contribution >= 0.6 is 0 Å². The predicted octanol–water partition coefficient (Wildman–Crippen LogP) is 3.36. The highest BCUT2D eigenvalue weighted by Gasteiger charge is 2.16. The summed E-state index contributed by atoms with van der Waals surface area (Å²) in [7, 11) is 0. The van der Waals surface area contributed by atoms with Crippen LogP contribution in [0.1, 0.15) is 62.4 Å².